The molecule has 1 unspecified atom stereocenters. The standard InChI is InChI=1S/C13H19ClN2/c1-10(2)13-9-15-7-8-16(13)12-6-4-3-5-11(12)14/h3-6,10,13,15H,7-9H2,1-2H3. The minimum Gasteiger partial charge on any atom is -0.365 e. The van der Waals surface area contributed by atoms with Crippen LogP contribution in [0.1, 0.15) is 13.8 Å². The van der Waals surface area contributed by atoms with Crippen LogP contribution in [0.3, 0.4) is 0 Å². The molecule has 0 saturated carbocycles. The number of para-hydroxylation sites is 1. The molecule has 0 bridgehead atoms. The average molecular weight is 239 g/mol. The van der Waals surface area contributed by atoms with E-state index in [0.717, 1.165) is 24.7 Å². The van der Waals surface area contributed by atoms with Gasteiger partial charge in [-0.05, 0) is 18.1 Å². The molecule has 1 aliphatic rings. The summed E-state index contributed by atoms with van der Waals surface area (Å²) >= 11 is 6.27. The Balaban J connectivity index is 2.27. The summed E-state index contributed by atoms with van der Waals surface area (Å²) in [5.74, 6) is 0.629. The smallest absolute Gasteiger partial charge is 0.0639 e. The Labute approximate surface area is 103 Å². The van der Waals surface area contributed by atoms with E-state index in [9.17, 15) is 0 Å². The van der Waals surface area contributed by atoms with Gasteiger partial charge < -0.3 is 10.2 Å². The van der Waals surface area contributed by atoms with Crippen LogP contribution in [0.25, 0.3) is 0 Å². The number of nitrogens with one attached hydrogen (secondary N) is 1. The zero-order valence-electron chi connectivity index (χ0n) is 9.91. The zero-order valence-corrected chi connectivity index (χ0v) is 10.7. The highest BCUT2D eigenvalue weighted by atomic mass is 35.5. The molecular weight excluding hydrogens is 220 g/mol. The third kappa shape index (κ3) is 2.33. The van der Waals surface area contributed by atoms with Gasteiger partial charge in [-0.15, -0.1) is 0 Å². The molecule has 1 heterocycles. The molecule has 1 aromatic rings. The summed E-state index contributed by atoms with van der Waals surface area (Å²) in [5, 5.41) is 4.31. The van der Waals surface area contributed by atoms with E-state index >= 15 is 0 Å². The van der Waals surface area contributed by atoms with E-state index in [1.54, 1.807) is 0 Å². The second-order valence-corrected chi connectivity index (χ2v) is 5.07. The second kappa shape index (κ2) is 5.07. The molecule has 1 aromatic carbocycles. The largest absolute Gasteiger partial charge is 0.365 e. The number of hydrogen-bond donors (Lipinski definition) is 1. The molecule has 0 aliphatic carbocycles. The highest BCUT2D eigenvalue weighted by Gasteiger charge is 2.25. The van der Waals surface area contributed by atoms with Gasteiger partial charge in [-0.25, -0.2) is 0 Å². The van der Waals surface area contributed by atoms with Crippen LogP contribution >= 0.6 is 11.6 Å². The predicted octanol–water partition coefficient (Wildman–Crippen LogP) is 2.77. The van der Waals surface area contributed by atoms with Crippen LogP contribution in [0.2, 0.25) is 5.02 Å². The summed E-state index contributed by atoms with van der Waals surface area (Å²) in [6.45, 7) is 7.65. The summed E-state index contributed by atoms with van der Waals surface area (Å²) in [7, 11) is 0. The molecule has 1 aliphatic heterocycles. The van der Waals surface area contributed by atoms with Crippen LogP contribution in [-0.4, -0.2) is 25.7 Å². The number of anilines is 1. The highest BCUT2D eigenvalue weighted by Crippen LogP contribution is 2.29. The van der Waals surface area contributed by atoms with E-state index in [-0.39, 0.29) is 0 Å². The normalized spacial score (nSPS) is 21.5. The molecule has 0 amide bonds. The minimum absolute atomic E-state index is 0.536. The van der Waals surface area contributed by atoms with Crippen molar-refractivity contribution in [2.75, 3.05) is 24.5 Å². The summed E-state index contributed by atoms with van der Waals surface area (Å²) in [6, 6.07) is 8.66. The molecule has 1 fully saturated rings. The van der Waals surface area contributed by atoms with Crippen molar-refractivity contribution in [1.82, 2.24) is 5.32 Å². The molecule has 0 spiro atoms. The maximum absolute atomic E-state index is 6.27. The van der Waals surface area contributed by atoms with E-state index < -0.39 is 0 Å². The SMILES string of the molecule is CC(C)C1CNCCN1c1ccccc1Cl. The average Bonchev–Trinajstić information content (AvgIpc) is 2.29. The fourth-order valence-corrected chi connectivity index (χ4v) is 2.55. The van der Waals surface area contributed by atoms with Gasteiger partial charge >= 0.3 is 0 Å². The molecule has 1 atom stereocenters. The molecule has 16 heavy (non-hydrogen) atoms. The van der Waals surface area contributed by atoms with Crippen LogP contribution in [0, 0.1) is 5.92 Å². The van der Waals surface area contributed by atoms with Gasteiger partial charge in [0.15, 0.2) is 0 Å². The van der Waals surface area contributed by atoms with Gasteiger partial charge in [0, 0.05) is 25.7 Å². The van der Waals surface area contributed by atoms with E-state index in [0.29, 0.717) is 12.0 Å². The highest BCUT2D eigenvalue weighted by molar-refractivity contribution is 6.33. The van der Waals surface area contributed by atoms with Gasteiger partial charge in [-0.3, -0.25) is 0 Å². The fraction of sp³-hybridized carbons (Fsp3) is 0.538. The Morgan fingerprint density at radius 2 is 2.12 bits per heavy atom. The van der Waals surface area contributed by atoms with Crippen LogP contribution < -0.4 is 10.2 Å². The van der Waals surface area contributed by atoms with Crippen molar-refractivity contribution in [3.63, 3.8) is 0 Å². The molecule has 3 heteroatoms. The number of benzene rings is 1. The van der Waals surface area contributed by atoms with Crippen molar-refractivity contribution in [2.24, 2.45) is 5.92 Å². The van der Waals surface area contributed by atoms with Crippen molar-refractivity contribution >= 4 is 17.3 Å². The lowest BCUT2D eigenvalue weighted by molar-refractivity contribution is 0.390. The summed E-state index contributed by atoms with van der Waals surface area (Å²) in [4.78, 5) is 2.43. The molecule has 2 nitrogen and oxygen atoms in total. The third-order valence-electron chi connectivity index (χ3n) is 3.21. The Bertz CT molecular complexity index is 352. The van der Waals surface area contributed by atoms with Crippen LogP contribution in [0.15, 0.2) is 24.3 Å². The van der Waals surface area contributed by atoms with E-state index in [1.165, 1.54) is 5.69 Å². The van der Waals surface area contributed by atoms with Crippen molar-refractivity contribution < 1.29 is 0 Å². The molecule has 2 rings (SSSR count). The first kappa shape index (κ1) is 11.7. The van der Waals surface area contributed by atoms with E-state index in [2.05, 4.69) is 36.2 Å². The van der Waals surface area contributed by atoms with Crippen LogP contribution in [0.4, 0.5) is 5.69 Å². The number of rotatable bonds is 2. The quantitative estimate of drug-likeness (QED) is 0.853. The predicted molar refractivity (Wildman–Crippen MR) is 70.3 cm³/mol. The van der Waals surface area contributed by atoms with Crippen LogP contribution in [-0.2, 0) is 0 Å². The lowest BCUT2D eigenvalue weighted by atomic mass is 10.00. The minimum atomic E-state index is 0.536. The lowest BCUT2D eigenvalue weighted by Gasteiger charge is -2.40. The second-order valence-electron chi connectivity index (χ2n) is 4.66. The van der Waals surface area contributed by atoms with Crippen molar-refractivity contribution in [2.45, 2.75) is 19.9 Å². The van der Waals surface area contributed by atoms with Gasteiger partial charge in [0.2, 0.25) is 0 Å². The summed E-state index contributed by atoms with van der Waals surface area (Å²) < 4.78 is 0. The number of nitrogens with zero attached hydrogens (tertiary/aromatic N) is 1. The molecule has 0 radical (unpaired) electrons. The van der Waals surface area contributed by atoms with E-state index in [1.807, 2.05) is 12.1 Å². The van der Waals surface area contributed by atoms with Gasteiger partial charge in [-0.1, -0.05) is 37.6 Å². The molecule has 0 aromatic heterocycles. The van der Waals surface area contributed by atoms with Crippen molar-refractivity contribution in [1.29, 1.82) is 0 Å². The van der Waals surface area contributed by atoms with Crippen molar-refractivity contribution in [3.05, 3.63) is 29.3 Å². The number of piperazine rings is 1. The Morgan fingerprint density at radius 3 is 2.81 bits per heavy atom. The summed E-state index contributed by atoms with van der Waals surface area (Å²) in [6.07, 6.45) is 0. The topological polar surface area (TPSA) is 15.3 Å². The van der Waals surface area contributed by atoms with Gasteiger partial charge in [-0.2, -0.15) is 0 Å². The summed E-state index contributed by atoms with van der Waals surface area (Å²) in [5.41, 5.74) is 1.17. The first-order valence-corrected chi connectivity index (χ1v) is 6.30. The van der Waals surface area contributed by atoms with Gasteiger partial charge in [0.25, 0.3) is 0 Å². The molecule has 1 saturated heterocycles. The Kier molecular flexibility index (Phi) is 3.72. The molecule has 88 valence electrons. The van der Waals surface area contributed by atoms with Crippen LogP contribution in [0.5, 0.6) is 0 Å². The Morgan fingerprint density at radius 1 is 1.38 bits per heavy atom. The maximum atomic E-state index is 6.27. The first-order chi connectivity index (χ1) is 7.70. The monoisotopic (exact) mass is 238 g/mol. The Hall–Kier alpha value is -0.730. The van der Waals surface area contributed by atoms with Crippen molar-refractivity contribution in [3.8, 4) is 0 Å². The lowest BCUT2D eigenvalue weighted by Crippen LogP contribution is -2.53. The number of halogens is 1. The van der Waals surface area contributed by atoms with Gasteiger partial charge in [0.1, 0.15) is 0 Å². The molecular formula is C13H19ClN2. The van der Waals surface area contributed by atoms with E-state index in [4.69, 9.17) is 11.6 Å². The molecule has 1 N–H and O–H groups in total. The maximum Gasteiger partial charge on any atom is 0.0639 e. The van der Waals surface area contributed by atoms with Gasteiger partial charge in [0.05, 0.1) is 10.7 Å². The third-order valence-corrected chi connectivity index (χ3v) is 3.53. The number of hydrogen-bond acceptors (Lipinski definition) is 2. The zero-order chi connectivity index (χ0) is 11.5. The first-order valence-electron chi connectivity index (χ1n) is 5.92. The fourth-order valence-electron chi connectivity index (χ4n) is 2.30.